The fourth-order valence-corrected chi connectivity index (χ4v) is 10.3. The van der Waals surface area contributed by atoms with Gasteiger partial charge in [0.25, 0.3) is 0 Å². The van der Waals surface area contributed by atoms with Gasteiger partial charge in [0, 0.05) is 48.0 Å². The molecule has 0 radical (unpaired) electrons. The van der Waals surface area contributed by atoms with E-state index >= 15 is 0 Å². The molecule has 0 amide bonds. The van der Waals surface area contributed by atoms with E-state index in [1.165, 1.54) is 75.1 Å². The first kappa shape index (κ1) is 27.8. The summed E-state index contributed by atoms with van der Waals surface area (Å²) < 4.78 is 7.15. The molecule has 0 atom stereocenters. The molecular weight excluding hydrogens is 665 g/mol. The lowest BCUT2D eigenvalue weighted by Gasteiger charge is -2.11. The molecule has 5 heteroatoms. The first-order valence-electron chi connectivity index (χ1n) is 18.0. The molecule has 5 aromatic heterocycles. The molecular formula is C48H26N4S. The van der Waals surface area contributed by atoms with Crippen molar-refractivity contribution >= 4 is 113 Å². The summed E-state index contributed by atoms with van der Waals surface area (Å²) in [5, 5.41) is 13.5. The summed E-state index contributed by atoms with van der Waals surface area (Å²) in [6.07, 6.45) is 0. The van der Waals surface area contributed by atoms with E-state index in [0.29, 0.717) is 5.95 Å². The molecule has 0 saturated heterocycles. The highest BCUT2D eigenvalue weighted by atomic mass is 32.1. The molecule has 0 aliphatic rings. The standard InChI is InChI=1S/C48H26N4S/c1-2-13-29-25-30(22-21-27(29)11-1)43-47-44(34-17-7-10-20-40(34)53-47)50-48(49-43)52-37-18-8-5-15-32(37)35-26-36-41-31-14-4-3-12-28(31)23-24-39(41)51-38-19-9-6-16-33(38)42(45(35)52)46(36)51/h1-26H. The van der Waals surface area contributed by atoms with Crippen LogP contribution in [-0.2, 0) is 0 Å². The molecule has 0 fully saturated rings. The van der Waals surface area contributed by atoms with Crippen molar-refractivity contribution in [3.63, 3.8) is 0 Å². The Morgan fingerprint density at radius 3 is 2.02 bits per heavy atom. The number of fused-ring (bicyclic) bond motifs is 16. The molecule has 0 N–H and O–H groups in total. The van der Waals surface area contributed by atoms with Crippen LogP contribution in [0.2, 0.25) is 0 Å². The van der Waals surface area contributed by atoms with Gasteiger partial charge >= 0.3 is 0 Å². The molecule has 4 nitrogen and oxygen atoms in total. The third-order valence-corrected chi connectivity index (χ3v) is 12.6. The van der Waals surface area contributed by atoms with Crippen molar-refractivity contribution in [1.82, 2.24) is 18.9 Å². The third kappa shape index (κ3) is 3.54. The Kier molecular flexibility index (Phi) is 5.22. The zero-order valence-corrected chi connectivity index (χ0v) is 29.0. The van der Waals surface area contributed by atoms with Crippen molar-refractivity contribution in [3.05, 3.63) is 158 Å². The minimum Gasteiger partial charge on any atom is -0.308 e. The summed E-state index contributed by atoms with van der Waals surface area (Å²) in [7, 11) is 0. The van der Waals surface area contributed by atoms with Crippen LogP contribution in [0.4, 0.5) is 0 Å². The summed E-state index contributed by atoms with van der Waals surface area (Å²) in [6.45, 7) is 0. The predicted octanol–water partition coefficient (Wildman–Crippen LogP) is 13.1. The highest BCUT2D eigenvalue weighted by molar-refractivity contribution is 7.26. The molecule has 0 unspecified atom stereocenters. The lowest BCUT2D eigenvalue weighted by Crippen LogP contribution is -2.03. The number of hydrogen-bond donors (Lipinski definition) is 0. The van der Waals surface area contributed by atoms with Crippen molar-refractivity contribution in [2.24, 2.45) is 0 Å². The minimum atomic E-state index is 0.684. The van der Waals surface area contributed by atoms with Crippen molar-refractivity contribution in [2.75, 3.05) is 0 Å². The third-order valence-electron chi connectivity index (χ3n) is 11.4. The number of thiophene rings is 1. The maximum atomic E-state index is 5.58. The molecule has 5 heterocycles. The quantitative estimate of drug-likeness (QED) is 0.181. The van der Waals surface area contributed by atoms with Crippen molar-refractivity contribution < 1.29 is 0 Å². The topological polar surface area (TPSA) is 35.1 Å². The van der Waals surface area contributed by atoms with Crippen LogP contribution in [0.3, 0.4) is 0 Å². The van der Waals surface area contributed by atoms with Crippen LogP contribution < -0.4 is 0 Å². The number of benzene rings is 8. The molecule has 53 heavy (non-hydrogen) atoms. The van der Waals surface area contributed by atoms with Gasteiger partial charge in [-0.3, -0.25) is 4.57 Å². The van der Waals surface area contributed by atoms with Gasteiger partial charge in [0.05, 0.1) is 43.5 Å². The first-order valence-corrected chi connectivity index (χ1v) is 18.8. The Bertz CT molecular complexity index is 3700. The molecule has 0 aliphatic heterocycles. The Hall–Kier alpha value is -6.82. The molecule has 0 aliphatic carbocycles. The normalized spacial score (nSPS) is 12.5. The number of hydrogen-bond acceptors (Lipinski definition) is 3. The molecule has 0 spiro atoms. The lowest BCUT2D eigenvalue weighted by molar-refractivity contribution is 1.02. The van der Waals surface area contributed by atoms with Crippen molar-refractivity contribution in [3.8, 4) is 17.2 Å². The minimum absolute atomic E-state index is 0.684. The summed E-state index contributed by atoms with van der Waals surface area (Å²) in [5.74, 6) is 0.684. The van der Waals surface area contributed by atoms with Crippen LogP contribution in [0.25, 0.3) is 119 Å². The zero-order valence-electron chi connectivity index (χ0n) is 28.2. The van der Waals surface area contributed by atoms with Gasteiger partial charge in [-0.2, -0.15) is 0 Å². The van der Waals surface area contributed by atoms with E-state index in [2.05, 4.69) is 167 Å². The second kappa shape index (κ2) is 9.94. The Balaban J connectivity index is 1.25. The van der Waals surface area contributed by atoms with E-state index < -0.39 is 0 Å². The van der Waals surface area contributed by atoms with Gasteiger partial charge in [-0.1, -0.05) is 121 Å². The second-order valence-electron chi connectivity index (χ2n) is 14.1. The second-order valence-corrected chi connectivity index (χ2v) is 15.2. The van der Waals surface area contributed by atoms with E-state index in [1.807, 2.05) is 0 Å². The number of nitrogens with zero attached hydrogens (tertiary/aromatic N) is 4. The smallest absolute Gasteiger partial charge is 0.235 e. The average Bonchev–Trinajstić information content (AvgIpc) is 3.95. The highest BCUT2D eigenvalue weighted by Gasteiger charge is 2.26. The van der Waals surface area contributed by atoms with Crippen molar-refractivity contribution in [2.45, 2.75) is 0 Å². The van der Waals surface area contributed by atoms with Gasteiger partial charge in [0.15, 0.2) is 0 Å². The maximum absolute atomic E-state index is 5.58. The van der Waals surface area contributed by atoms with Gasteiger partial charge in [0.1, 0.15) is 0 Å². The molecule has 8 aromatic carbocycles. The Morgan fingerprint density at radius 2 is 1.13 bits per heavy atom. The average molecular weight is 691 g/mol. The van der Waals surface area contributed by atoms with Gasteiger partial charge in [-0.05, 0) is 57.9 Å². The molecule has 0 saturated carbocycles. The van der Waals surface area contributed by atoms with Gasteiger partial charge in [-0.15, -0.1) is 11.3 Å². The Morgan fingerprint density at radius 1 is 0.434 bits per heavy atom. The number of para-hydroxylation sites is 2. The van der Waals surface area contributed by atoms with Crippen LogP contribution in [0.15, 0.2) is 158 Å². The molecule has 0 bridgehead atoms. The van der Waals surface area contributed by atoms with Crippen LogP contribution >= 0.6 is 11.3 Å². The van der Waals surface area contributed by atoms with Gasteiger partial charge < -0.3 is 4.40 Å². The summed E-state index contributed by atoms with van der Waals surface area (Å²) in [4.78, 5) is 11.1. The zero-order chi connectivity index (χ0) is 34.4. The summed E-state index contributed by atoms with van der Waals surface area (Å²) in [6, 6.07) is 57.3. The number of aromatic nitrogens is 4. The van der Waals surface area contributed by atoms with Gasteiger partial charge in [0.2, 0.25) is 5.95 Å². The van der Waals surface area contributed by atoms with E-state index in [4.69, 9.17) is 9.97 Å². The largest absolute Gasteiger partial charge is 0.308 e. The van der Waals surface area contributed by atoms with Crippen LogP contribution in [0, 0.1) is 0 Å². The van der Waals surface area contributed by atoms with Crippen molar-refractivity contribution in [1.29, 1.82) is 0 Å². The fourth-order valence-electron chi connectivity index (χ4n) is 9.19. The van der Waals surface area contributed by atoms with E-state index in [-0.39, 0.29) is 0 Å². The molecule has 244 valence electrons. The highest BCUT2D eigenvalue weighted by Crippen LogP contribution is 2.48. The monoisotopic (exact) mass is 690 g/mol. The first-order chi connectivity index (χ1) is 26.3. The van der Waals surface area contributed by atoms with Crippen LogP contribution in [0.1, 0.15) is 0 Å². The van der Waals surface area contributed by atoms with E-state index in [1.54, 1.807) is 11.3 Å². The maximum Gasteiger partial charge on any atom is 0.235 e. The molecule has 13 rings (SSSR count). The predicted molar refractivity (Wildman–Crippen MR) is 224 cm³/mol. The fraction of sp³-hybridized carbons (Fsp3) is 0. The lowest BCUT2D eigenvalue weighted by atomic mass is 10.00. The van der Waals surface area contributed by atoms with Crippen LogP contribution in [0.5, 0.6) is 0 Å². The molecule has 13 aromatic rings. The SMILES string of the molecule is c1ccc2cc(-c3nc(-n4c5ccccc5c5cc6c7c8ccccc8ccc7n7c8ccccc8c(c54)c67)nc4c3sc3ccccc34)ccc2c1. The summed E-state index contributed by atoms with van der Waals surface area (Å²) in [5.41, 5.74) is 8.96. The van der Waals surface area contributed by atoms with Gasteiger partial charge in [-0.25, -0.2) is 9.97 Å². The van der Waals surface area contributed by atoms with E-state index in [0.717, 1.165) is 37.9 Å². The van der Waals surface area contributed by atoms with E-state index in [9.17, 15) is 0 Å². The number of rotatable bonds is 2. The summed E-state index contributed by atoms with van der Waals surface area (Å²) >= 11 is 1.78. The van der Waals surface area contributed by atoms with Crippen LogP contribution in [-0.4, -0.2) is 18.9 Å². The Labute approximate surface area is 305 Å².